The summed E-state index contributed by atoms with van der Waals surface area (Å²) in [6, 6.07) is 15.8. The second-order valence-corrected chi connectivity index (χ2v) is 4.02. The summed E-state index contributed by atoms with van der Waals surface area (Å²) in [5.41, 5.74) is 6.71. The van der Waals surface area contributed by atoms with Crippen molar-refractivity contribution in [1.82, 2.24) is 0 Å². The first kappa shape index (κ1) is 9.61. The fraction of sp³-hybridized carbons (Fsp3) is 0. The summed E-state index contributed by atoms with van der Waals surface area (Å²) in [6.07, 6.45) is 0. The monoisotopic (exact) mass is 220 g/mol. The molecule has 0 aromatic heterocycles. The third-order valence-electron chi connectivity index (χ3n) is 2.99. The normalized spacial score (nSPS) is 10.5. The van der Waals surface area contributed by atoms with Crippen molar-refractivity contribution in [2.24, 2.45) is 0 Å². The summed E-state index contributed by atoms with van der Waals surface area (Å²) in [4.78, 5) is 3.28. The number of fused-ring (bicyclic) bond motifs is 2. The van der Waals surface area contributed by atoms with Gasteiger partial charge in [-0.2, -0.15) is 0 Å². The van der Waals surface area contributed by atoms with Gasteiger partial charge in [0.25, 0.3) is 0 Å². The molecule has 0 saturated heterocycles. The Morgan fingerprint density at radius 2 is 1.59 bits per heavy atom. The molecule has 0 fully saturated rings. The quantitative estimate of drug-likeness (QED) is 0.353. The van der Waals surface area contributed by atoms with Gasteiger partial charge in [0.05, 0.1) is 5.39 Å². The molecular formula is C14H10N3+. The Hall–Kier alpha value is -2.60. The van der Waals surface area contributed by atoms with Crippen molar-refractivity contribution in [2.45, 2.75) is 0 Å². The average molecular weight is 220 g/mol. The van der Waals surface area contributed by atoms with Gasteiger partial charge in [-0.05, 0) is 34.4 Å². The number of anilines is 1. The molecule has 0 saturated carbocycles. The minimum atomic E-state index is 0.438. The molecule has 0 aliphatic heterocycles. The molecule has 0 amide bonds. The molecule has 3 rings (SSSR count). The van der Waals surface area contributed by atoms with Crippen LogP contribution in [0.25, 0.3) is 26.5 Å². The van der Waals surface area contributed by atoms with Crippen molar-refractivity contribution in [3.8, 4) is 0 Å². The van der Waals surface area contributed by atoms with Crippen molar-refractivity contribution in [3.05, 3.63) is 53.5 Å². The van der Waals surface area contributed by atoms with E-state index >= 15 is 0 Å². The Balaban J connectivity index is 2.53. The van der Waals surface area contributed by atoms with E-state index in [1.165, 1.54) is 0 Å². The van der Waals surface area contributed by atoms with E-state index in [4.69, 9.17) is 11.1 Å². The van der Waals surface area contributed by atoms with E-state index < -0.39 is 0 Å². The lowest BCUT2D eigenvalue weighted by Gasteiger charge is -2.01. The Labute approximate surface area is 98.1 Å². The highest BCUT2D eigenvalue weighted by molar-refractivity contribution is 6.06. The average Bonchev–Trinajstić information content (AvgIpc) is 2.36. The molecule has 3 aromatic rings. The molecule has 2 N–H and O–H groups in total. The minimum absolute atomic E-state index is 0.438. The molecule has 0 aliphatic carbocycles. The summed E-state index contributed by atoms with van der Waals surface area (Å²) < 4.78 is 0. The van der Waals surface area contributed by atoms with Crippen molar-refractivity contribution >= 4 is 32.9 Å². The number of hydrogen-bond donors (Lipinski definition) is 1. The van der Waals surface area contributed by atoms with E-state index in [2.05, 4.69) is 17.1 Å². The summed E-state index contributed by atoms with van der Waals surface area (Å²) in [5.74, 6) is 0. The van der Waals surface area contributed by atoms with E-state index in [1.54, 1.807) is 6.07 Å². The highest BCUT2D eigenvalue weighted by Crippen LogP contribution is 2.34. The van der Waals surface area contributed by atoms with E-state index in [-0.39, 0.29) is 0 Å². The lowest BCUT2D eigenvalue weighted by Crippen LogP contribution is -1.85. The van der Waals surface area contributed by atoms with Crippen LogP contribution in [0.2, 0.25) is 0 Å². The van der Waals surface area contributed by atoms with Crippen molar-refractivity contribution in [3.63, 3.8) is 0 Å². The first-order chi connectivity index (χ1) is 8.29. The zero-order valence-electron chi connectivity index (χ0n) is 9.09. The molecule has 0 atom stereocenters. The van der Waals surface area contributed by atoms with Gasteiger partial charge in [-0.15, -0.1) is 0 Å². The Morgan fingerprint density at radius 1 is 0.882 bits per heavy atom. The summed E-state index contributed by atoms with van der Waals surface area (Å²) >= 11 is 0. The standard InChI is InChI=1S/C14H10N3/c15-13-6-5-11-7-9-3-1-2-4-10(9)8-12(11)14(13)17-16/h1-8H,15H2/q+1. The van der Waals surface area contributed by atoms with Gasteiger partial charge in [-0.25, -0.2) is 0 Å². The van der Waals surface area contributed by atoms with Gasteiger partial charge in [0, 0.05) is 0 Å². The maximum absolute atomic E-state index is 9.03. The van der Waals surface area contributed by atoms with Crippen molar-refractivity contribution in [2.75, 3.05) is 5.73 Å². The van der Waals surface area contributed by atoms with Gasteiger partial charge in [0.15, 0.2) is 4.98 Å². The summed E-state index contributed by atoms with van der Waals surface area (Å²) in [7, 11) is 0. The molecule has 17 heavy (non-hydrogen) atoms. The predicted octanol–water partition coefficient (Wildman–Crippen LogP) is 4.06. The molecule has 0 heterocycles. The number of rotatable bonds is 0. The van der Waals surface area contributed by atoms with Crippen LogP contribution in [0.3, 0.4) is 0 Å². The van der Waals surface area contributed by atoms with Gasteiger partial charge in [0.1, 0.15) is 5.69 Å². The third-order valence-corrected chi connectivity index (χ3v) is 2.99. The number of nitrogen functional groups attached to an aromatic ring is 1. The highest BCUT2D eigenvalue weighted by atomic mass is 14.9. The fourth-order valence-corrected chi connectivity index (χ4v) is 2.13. The first-order valence-electron chi connectivity index (χ1n) is 5.36. The molecule has 3 aromatic carbocycles. The van der Waals surface area contributed by atoms with Crippen LogP contribution in [0.15, 0.2) is 48.5 Å². The fourth-order valence-electron chi connectivity index (χ4n) is 2.13. The molecule has 0 aliphatic rings. The van der Waals surface area contributed by atoms with Crippen molar-refractivity contribution in [1.29, 1.82) is 5.39 Å². The molecule has 0 radical (unpaired) electrons. The van der Waals surface area contributed by atoms with E-state index in [0.29, 0.717) is 11.4 Å². The maximum atomic E-state index is 9.03. The number of hydrogen-bond acceptors (Lipinski definition) is 2. The second kappa shape index (κ2) is 3.46. The number of nitrogens with zero attached hydrogens (tertiary/aromatic N) is 2. The van der Waals surface area contributed by atoms with Gasteiger partial charge >= 0.3 is 5.69 Å². The highest BCUT2D eigenvalue weighted by Gasteiger charge is 2.16. The van der Waals surface area contributed by atoms with Crippen LogP contribution in [0, 0.1) is 5.39 Å². The molecule has 3 nitrogen and oxygen atoms in total. The lowest BCUT2D eigenvalue weighted by molar-refractivity contribution is 1.47. The van der Waals surface area contributed by atoms with Gasteiger partial charge in [-0.1, -0.05) is 30.3 Å². The SMILES string of the molecule is N#[N+]c1c(N)ccc2cc3ccccc3cc12. The Morgan fingerprint density at radius 3 is 2.29 bits per heavy atom. The van der Waals surface area contributed by atoms with Crippen LogP contribution in [0.4, 0.5) is 11.4 Å². The van der Waals surface area contributed by atoms with Gasteiger partial charge < -0.3 is 5.73 Å². The summed E-state index contributed by atoms with van der Waals surface area (Å²) in [6.45, 7) is 0. The van der Waals surface area contributed by atoms with Crippen LogP contribution in [-0.2, 0) is 0 Å². The predicted molar refractivity (Wildman–Crippen MR) is 70.6 cm³/mol. The Kier molecular flexibility index (Phi) is 1.96. The zero-order valence-corrected chi connectivity index (χ0v) is 9.09. The maximum Gasteiger partial charge on any atom is 0.415 e. The van der Waals surface area contributed by atoms with Gasteiger partial charge in [0.2, 0.25) is 5.39 Å². The molecule has 0 spiro atoms. The number of benzene rings is 3. The van der Waals surface area contributed by atoms with E-state index in [0.717, 1.165) is 21.5 Å². The van der Waals surface area contributed by atoms with E-state index in [1.807, 2.05) is 30.3 Å². The molecular weight excluding hydrogens is 210 g/mol. The molecule has 0 unspecified atom stereocenters. The smallest absolute Gasteiger partial charge is 0.392 e. The van der Waals surface area contributed by atoms with Gasteiger partial charge in [-0.3, -0.25) is 0 Å². The lowest BCUT2D eigenvalue weighted by atomic mass is 10.0. The zero-order chi connectivity index (χ0) is 11.8. The summed E-state index contributed by atoms with van der Waals surface area (Å²) in [5, 5.41) is 13.2. The van der Waals surface area contributed by atoms with Crippen molar-refractivity contribution < 1.29 is 0 Å². The van der Waals surface area contributed by atoms with Crippen LogP contribution >= 0.6 is 0 Å². The minimum Gasteiger partial charge on any atom is -0.392 e. The largest absolute Gasteiger partial charge is 0.415 e. The van der Waals surface area contributed by atoms with E-state index in [9.17, 15) is 0 Å². The number of diazo groups is 1. The molecule has 3 heteroatoms. The second-order valence-electron chi connectivity index (χ2n) is 4.02. The van der Waals surface area contributed by atoms with Crippen LogP contribution < -0.4 is 5.73 Å². The first-order valence-corrected chi connectivity index (χ1v) is 5.36. The number of nitrogens with two attached hydrogens (primary N) is 1. The molecule has 80 valence electrons. The molecule has 0 bridgehead atoms. The van der Waals surface area contributed by atoms with Crippen LogP contribution in [0.5, 0.6) is 0 Å². The van der Waals surface area contributed by atoms with Crippen LogP contribution in [-0.4, -0.2) is 0 Å². The topological polar surface area (TPSA) is 54.2 Å². The van der Waals surface area contributed by atoms with Crippen LogP contribution in [0.1, 0.15) is 0 Å². The Bertz CT molecular complexity index is 769. The third kappa shape index (κ3) is 1.39.